The van der Waals surface area contributed by atoms with E-state index in [1.807, 2.05) is 0 Å². The molecule has 4 unspecified atom stereocenters. The van der Waals surface area contributed by atoms with Crippen LogP contribution < -0.4 is 0 Å². The van der Waals surface area contributed by atoms with Crippen LogP contribution in [0.4, 0.5) is 26.3 Å². The van der Waals surface area contributed by atoms with Gasteiger partial charge in [0.25, 0.3) is 0 Å². The second-order valence-corrected chi connectivity index (χ2v) is 22.1. The summed E-state index contributed by atoms with van der Waals surface area (Å²) in [5.74, 6) is 0. The molecule has 0 rings (SSSR count). The fourth-order valence-electron chi connectivity index (χ4n) is 1.52. The fourth-order valence-corrected chi connectivity index (χ4v) is 12.5. The van der Waals surface area contributed by atoms with Gasteiger partial charge < -0.3 is 12.3 Å². The molecule has 0 amide bonds. The minimum Gasteiger partial charge on any atom is -0.435 e. The van der Waals surface area contributed by atoms with E-state index in [1.54, 1.807) is 39.3 Å². The van der Waals surface area contributed by atoms with Gasteiger partial charge in [0.1, 0.15) is 0 Å². The van der Waals surface area contributed by atoms with Gasteiger partial charge in [-0.05, 0) is 53.1 Å². The first-order valence-electron chi connectivity index (χ1n) is 7.85. The molecule has 4 atom stereocenters. The second-order valence-electron chi connectivity index (χ2n) is 7.84. The number of rotatable bonds is 10. The van der Waals surface area contributed by atoms with Crippen molar-refractivity contribution in [2.24, 2.45) is 0 Å². The molecule has 13 heteroatoms. The predicted molar refractivity (Wildman–Crippen MR) is 95.3 cm³/mol. The maximum atomic E-state index is 14.2. The highest BCUT2D eigenvalue weighted by Crippen LogP contribution is 2.33. The van der Waals surface area contributed by atoms with E-state index in [0.717, 1.165) is 0 Å². The average molecular weight is 447 g/mol. The molecule has 0 N–H and O–H groups in total. The lowest BCUT2D eigenvalue weighted by atomic mass is 10.5. The lowest BCUT2D eigenvalue weighted by molar-refractivity contribution is -0.0331. The number of alkyl halides is 6. The van der Waals surface area contributed by atoms with Crippen LogP contribution in [0, 0.1) is 0 Å². The molecule has 25 heavy (non-hydrogen) atoms. The first-order chi connectivity index (χ1) is 10.8. The van der Waals surface area contributed by atoms with Crippen LogP contribution in [0.2, 0.25) is 39.3 Å². The summed E-state index contributed by atoms with van der Waals surface area (Å²) in [6.07, 6.45) is -5.28. The molecule has 0 bridgehead atoms. The lowest BCUT2D eigenvalue weighted by Crippen LogP contribution is -2.61. The highest BCUT2D eigenvalue weighted by atomic mass is 28.5. The molecular formula is C12H28F6O3Si4. The zero-order valence-corrected chi connectivity index (χ0v) is 20.1. The molecule has 0 aromatic heterocycles. The Hall–Kier alpha value is 0.328. The molecule has 152 valence electrons. The van der Waals surface area contributed by atoms with E-state index in [1.165, 1.54) is 0 Å². The lowest BCUT2D eigenvalue weighted by Gasteiger charge is -2.37. The molecule has 0 spiro atoms. The van der Waals surface area contributed by atoms with Crippen molar-refractivity contribution in [2.75, 3.05) is 0 Å². The third-order valence-corrected chi connectivity index (χ3v) is 14.4. The summed E-state index contributed by atoms with van der Waals surface area (Å²) in [6.45, 7) is 10.6. The highest BCUT2D eigenvalue weighted by Gasteiger charge is 2.58. The number of hydrogen-bond acceptors (Lipinski definition) is 3. The van der Waals surface area contributed by atoms with Gasteiger partial charge in [-0.2, -0.15) is 0 Å². The average Bonchev–Trinajstić information content (AvgIpc) is 2.33. The van der Waals surface area contributed by atoms with Crippen molar-refractivity contribution in [1.29, 1.82) is 0 Å². The van der Waals surface area contributed by atoms with Crippen LogP contribution in [-0.2, 0) is 12.3 Å². The molecule has 0 aliphatic heterocycles. The van der Waals surface area contributed by atoms with E-state index in [9.17, 15) is 26.3 Å². The van der Waals surface area contributed by atoms with Crippen LogP contribution in [0.1, 0.15) is 13.8 Å². The zero-order valence-electron chi connectivity index (χ0n) is 15.8. The van der Waals surface area contributed by atoms with Crippen molar-refractivity contribution >= 4 is 35.2 Å². The summed E-state index contributed by atoms with van der Waals surface area (Å²) < 4.78 is 99.2. The Balaban J connectivity index is 5.81. The fraction of sp³-hybridized carbons (Fsp3) is 1.00. The number of halogens is 6. The van der Waals surface area contributed by atoms with Crippen molar-refractivity contribution < 1.29 is 38.7 Å². The maximum absolute atomic E-state index is 14.2. The van der Waals surface area contributed by atoms with Crippen molar-refractivity contribution in [3.63, 3.8) is 0 Å². The van der Waals surface area contributed by atoms with Crippen LogP contribution in [0.15, 0.2) is 0 Å². The first-order valence-corrected chi connectivity index (χ1v) is 17.7. The summed E-state index contributed by atoms with van der Waals surface area (Å²) in [6, 6.07) is 0. The van der Waals surface area contributed by atoms with E-state index < -0.39 is 58.6 Å². The summed E-state index contributed by atoms with van der Waals surface area (Å²) in [4.78, 5) is 0. The summed E-state index contributed by atoms with van der Waals surface area (Å²) in [5, 5.41) is 0. The van der Waals surface area contributed by atoms with E-state index in [4.69, 9.17) is 12.3 Å². The SMILES string of the molecule is CC(F)C(F)(F)[SiH](O[SiH](O[Si](C)(C)C)C(F)(F)C(C)F)O[Si](C)(C)C. The summed E-state index contributed by atoms with van der Waals surface area (Å²) >= 11 is 0. The van der Waals surface area contributed by atoms with Crippen molar-refractivity contribution in [1.82, 2.24) is 0 Å². The topological polar surface area (TPSA) is 27.7 Å². The molecule has 0 aliphatic carbocycles. The van der Waals surface area contributed by atoms with Gasteiger partial charge in [-0.3, -0.25) is 0 Å². The van der Waals surface area contributed by atoms with Gasteiger partial charge in [0.15, 0.2) is 29.0 Å². The van der Waals surface area contributed by atoms with Crippen LogP contribution in [0.25, 0.3) is 0 Å². The Morgan fingerprint density at radius 3 is 1.08 bits per heavy atom. The van der Waals surface area contributed by atoms with Crippen molar-refractivity contribution in [3.05, 3.63) is 0 Å². The van der Waals surface area contributed by atoms with E-state index in [0.29, 0.717) is 13.8 Å². The smallest absolute Gasteiger partial charge is 0.382 e. The zero-order chi connectivity index (χ0) is 20.4. The van der Waals surface area contributed by atoms with Crippen molar-refractivity contribution in [2.45, 2.75) is 76.6 Å². The molecule has 0 saturated carbocycles. The normalized spacial score (nSPS) is 19.4. The van der Waals surface area contributed by atoms with Crippen LogP contribution in [-0.4, -0.2) is 58.6 Å². The maximum Gasteiger partial charge on any atom is 0.382 e. The molecule has 3 nitrogen and oxygen atoms in total. The second kappa shape index (κ2) is 8.56. The van der Waals surface area contributed by atoms with E-state index >= 15 is 0 Å². The standard InChI is InChI=1S/C12H28F6O3Si4/c1-9(13)11(15,16)22(20-24(3,4)5)19-23(21-25(6,7)8)12(17,18)10(2)14/h9-10,22-23H,1-8H3. The molecule has 0 heterocycles. The third-order valence-electron chi connectivity index (χ3n) is 2.86. The Morgan fingerprint density at radius 2 is 0.920 bits per heavy atom. The van der Waals surface area contributed by atoms with Crippen LogP contribution >= 0.6 is 0 Å². The van der Waals surface area contributed by atoms with Crippen molar-refractivity contribution in [3.8, 4) is 0 Å². The van der Waals surface area contributed by atoms with Gasteiger partial charge >= 0.3 is 29.7 Å². The minimum atomic E-state index is -4.25. The highest BCUT2D eigenvalue weighted by molar-refractivity contribution is 6.80. The van der Waals surface area contributed by atoms with Gasteiger partial charge in [-0.15, -0.1) is 0 Å². The minimum absolute atomic E-state index is 0.614. The van der Waals surface area contributed by atoms with Gasteiger partial charge in [-0.1, -0.05) is 0 Å². The molecule has 0 fully saturated rings. The van der Waals surface area contributed by atoms with Gasteiger partial charge in [0, 0.05) is 0 Å². The van der Waals surface area contributed by atoms with E-state index in [-0.39, 0.29) is 0 Å². The largest absolute Gasteiger partial charge is 0.435 e. The quantitative estimate of drug-likeness (QED) is 0.372. The Labute approximate surface area is 151 Å². The molecule has 0 aromatic rings. The van der Waals surface area contributed by atoms with E-state index in [2.05, 4.69) is 0 Å². The summed E-state index contributed by atoms with van der Waals surface area (Å²) in [5.41, 5.74) is -8.08. The third kappa shape index (κ3) is 8.26. The number of hydrogen-bond donors (Lipinski definition) is 0. The van der Waals surface area contributed by atoms with Gasteiger partial charge in [0.2, 0.25) is 0 Å². The summed E-state index contributed by atoms with van der Waals surface area (Å²) in [7, 11) is -13.8. The Kier molecular flexibility index (Phi) is 8.67. The molecule has 0 aromatic carbocycles. The van der Waals surface area contributed by atoms with Crippen LogP contribution in [0.3, 0.4) is 0 Å². The van der Waals surface area contributed by atoms with Gasteiger partial charge in [-0.25, -0.2) is 26.3 Å². The molecule has 0 aliphatic rings. The Morgan fingerprint density at radius 1 is 0.680 bits per heavy atom. The molecule has 0 radical (unpaired) electrons. The van der Waals surface area contributed by atoms with Gasteiger partial charge in [0.05, 0.1) is 0 Å². The molecular weight excluding hydrogens is 418 g/mol. The predicted octanol–water partition coefficient (Wildman–Crippen LogP) is 4.21. The van der Waals surface area contributed by atoms with Crippen LogP contribution in [0.5, 0.6) is 0 Å². The first kappa shape index (κ1) is 25.3. The Bertz CT molecular complexity index is 388. The molecule has 0 saturated heterocycles. The monoisotopic (exact) mass is 446 g/mol.